The Bertz CT molecular complexity index is 4230. The van der Waals surface area contributed by atoms with Crippen LogP contribution in [0.25, 0.3) is 44.5 Å². The predicted molar refractivity (Wildman–Crippen MR) is 561 cm³/mol. The molecule has 0 amide bonds. The van der Waals surface area contributed by atoms with Gasteiger partial charge >= 0.3 is 0 Å². The highest BCUT2D eigenvalue weighted by atomic mass is 14.6. The fourth-order valence-corrected chi connectivity index (χ4v) is 23.5. The smallest absolute Gasteiger partial charge is 0.0111 e. The standard InChI is InChI=1S/C38H54.C24H26.C18H30.2C14H24.C11H24.C6H14/c1-34(2,3)27-19-25(20-28(23-27)35(4,5)6)31-17-16-18-32(33(31)38(13,14)15)26-21-29(36(7,8)9)24-30(22-26)37(10,11)12;1-17-16-18(2)22(20-14-10-7-11-15-20)23(24(3,4)5)21(17)19-12-8-6-9-13-19;1-16(2,3)13-11-10-12-14(17(4,5)6)15(13)18(7,8)9;1-13(2,3)14-7-10-4-11(8-14)6-12(5-10)9-14;1-14(2,3)13-11-5-9-4-10(7-11)8-12(13)6-9;1-6-8-10(7-2)9-11(3,4)5;1-5-6(2,3)4/h16-24H,1-15H3;6-16H,1-5H3;10-12H,1-9H3;10-12H,4-9H2,1-3H3;9-13H,4-8H2,1-3H3;10H,6-9H2,1-5H3;5H2,1-4H3. The number of hydrogen-bond acceptors (Lipinski definition) is 0. The van der Waals surface area contributed by atoms with Crippen molar-refractivity contribution >= 4 is 0 Å². The first kappa shape index (κ1) is 107. The second-order valence-corrected chi connectivity index (χ2v) is 55.2. The maximum Gasteiger partial charge on any atom is -0.0111 e. The number of aryl methyl sites for hydroxylation is 2. The Labute approximate surface area is 776 Å². The van der Waals surface area contributed by atoms with Gasteiger partial charge in [-0.1, -0.05) is 456 Å². The van der Waals surface area contributed by atoms with Gasteiger partial charge in [0.25, 0.3) is 0 Å². The Morgan fingerprint density at radius 2 is 0.616 bits per heavy atom. The second-order valence-electron chi connectivity index (χ2n) is 55.2. The fraction of sp³-hybridized carbons (Fsp3) is 0.664. The summed E-state index contributed by atoms with van der Waals surface area (Å²) >= 11 is 0. The molecule has 8 aliphatic rings. The fourth-order valence-electron chi connectivity index (χ4n) is 23.5. The van der Waals surface area contributed by atoms with Crippen LogP contribution >= 0.6 is 0 Å². The van der Waals surface area contributed by atoms with E-state index in [1.54, 1.807) is 70.6 Å². The summed E-state index contributed by atoms with van der Waals surface area (Å²) in [5.41, 5.74) is 30.3. The molecule has 7 aromatic rings. The molecular formula is C125H196. The molecule has 0 N–H and O–H groups in total. The Hall–Kier alpha value is -5.46. The molecule has 8 fully saturated rings. The van der Waals surface area contributed by atoms with Crippen LogP contribution < -0.4 is 0 Å². The van der Waals surface area contributed by atoms with Gasteiger partial charge in [-0.05, 0) is 326 Å². The van der Waals surface area contributed by atoms with E-state index >= 15 is 0 Å². The molecule has 1 unspecified atom stereocenters. The highest BCUT2D eigenvalue weighted by Gasteiger charge is 2.56. The van der Waals surface area contributed by atoms with Gasteiger partial charge in [0, 0.05) is 0 Å². The summed E-state index contributed by atoms with van der Waals surface area (Å²) in [6.07, 6.45) is 24.1. The summed E-state index contributed by atoms with van der Waals surface area (Å²) in [7, 11) is 0. The normalized spacial score (nSPS) is 21.7. The van der Waals surface area contributed by atoms with Gasteiger partial charge in [0.05, 0.1) is 0 Å². The minimum absolute atomic E-state index is 0.0226. The first-order valence-electron chi connectivity index (χ1n) is 50.7. The number of rotatable bonds is 8. The lowest BCUT2D eigenvalue weighted by molar-refractivity contribution is -0.113. The van der Waals surface area contributed by atoms with Crippen molar-refractivity contribution < 1.29 is 0 Å². The lowest BCUT2D eigenvalue weighted by Gasteiger charge is -2.62. The van der Waals surface area contributed by atoms with Crippen molar-refractivity contribution in [2.75, 3.05) is 0 Å². The van der Waals surface area contributed by atoms with E-state index in [9.17, 15) is 0 Å². The van der Waals surface area contributed by atoms with Gasteiger partial charge in [-0.2, -0.15) is 0 Å². The van der Waals surface area contributed by atoms with Gasteiger partial charge in [0.1, 0.15) is 0 Å². The van der Waals surface area contributed by atoms with Crippen LogP contribution in [-0.4, -0.2) is 0 Å². The molecule has 8 bridgehead atoms. The Balaban J connectivity index is 0.000000213. The van der Waals surface area contributed by atoms with Crippen LogP contribution in [0.5, 0.6) is 0 Å². The zero-order valence-corrected chi connectivity index (χ0v) is 90.3. The average Bonchev–Trinajstić information content (AvgIpc) is 0.738. The van der Waals surface area contributed by atoms with Crippen LogP contribution in [-0.2, 0) is 48.7 Å². The molecule has 15 rings (SSSR count). The monoisotopic (exact) mass is 1700 g/mol. The van der Waals surface area contributed by atoms with Crippen molar-refractivity contribution in [3.8, 4) is 44.5 Å². The van der Waals surface area contributed by atoms with E-state index < -0.39 is 0 Å². The first-order valence-corrected chi connectivity index (χ1v) is 50.7. The molecule has 7 aromatic carbocycles. The quantitative estimate of drug-likeness (QED) is 0.142. The Kier molecular flexibility index (Phi) is 34.4. The van der Waals surface area contributed by atoms with Crippen LogP contribution in [0.4, 0.5) is 0 Å². The molecular weight excluding hydrogens is 1500 g/mol. The summed E-state index contributed by atoms with van der Waals surface area (Å²) in [6, 6.07) is 52.3. The molecule has 0 aromatic heterocycles. The third kappa shape index (κ3) is 29.0. The molecule has 125 heavy (non-hydrogen) atoms. The van der Waals surface area contributed by atoms with Crippen LogP contribution in [0, 0.1) is 94.2 Å². The highest BCUT2D eigenvalue weighted by molar-refractivity contribution is 5.85. The number of benzene rings is 7. The molecule has 1 atom stereocenters. The SMILES string of the molecule is CC(C)(C)C12CC3CC(CC(C3)C1)C2.CC(C)(C)C1C2CC3CC(C2)CC1C3.CC(C)(C)c1cc(-c2cccc(-c3cc(C(C)(C)C)cc(C(C)(C)C)c3)c2C(C)(C)C)cc(C(C)(C)C)c1.CC(C)(C)c1cccc(C(C)(C)C)c1C(C)(C)C.CCC(C)(C)C.CCCC(CC)CC(C)(C)C.Cc1cc(C)c(-c2ccccc2)c(C(C)(C)C)c1-c1ccccc1. The van der Waals surface area contributed by atoms with Gasteiger partial charge in [0.2, 0.25) is 0 Å². The summed E-state index contributed by atoms with van der Waals surface area (Å²) in [6.45, 7) is 103. The summed E-state index contributed by atoms with van der Waals surface area (Å²) < 4.78 is 0. The Morgan fingerprint density at radius 1 is 0.304 bits per heavy atom. The third-order valence-electron chi connectivity index (χ3n) is 29.9. The van der Waals surface area contributed by atoms with Crippen molar-refractivity contribution in [2.24, 2.45) is 80.3 Å². The van der Waals surface area contributed by atoms with E-state index in [0.717, 1.165) is 58.7 Å². The first-order chi connectivity index (χ1) is 56.8. The summed E-state index contributed by atoms with van der Waals surface area (Å²) in [5.74, 6) is 9.82. The molecule has 0 radical (unpaired) electrons. The average molecular weight is 1700 g/mol. The largest absolute Gasteiger partial charge is 0.0654 e. The van der Waals surface area contributed by atoms with Gasteiger partial charge in [-0.3, -0.25) is 0 Å². The maximum atomic E-state index is 2.49. The third-order valence-corrected chi connectivity index (χ3v) is 29.9. The highest BCUT2D eigenvalue weighted by Crippen LogP contribution is 2.66. The van der Waals surface area contributed by atoms with Crippen molar-refractivity contribution in [1.29, 1.82) is 0 Å². The number of hydrogen-bond donors (Lipinski definition) is 0. The molecule has 696 valence electrons. The molecule has 0 heteroatoms. The van der Waals surface area contributed by atoms with Crippen molar-refractivity contribution in [3.05, 3.63) is 201 Å². The van der Waals surface area contributed by atoms with E-state index in [1.807, 2.05) is 0 Å². The van der Waals surface area contributed by atoms with Crippen molar-refractivity contribution in [3.63, 3.8) is 0 Å². The van der Waals surface area contributed by atoms with Crippen LogP contribution in [0.3, 0.4) is 0 Å². The molecule has 8 saturated carbocycles. The van der Waals surface area contributed by atoms with E-state index in [1.165, 1.54) is 138 Å². The summed E-state index contributed by atoms with van der Waals surface area (Å²) in [4.78, 5) is 0. The lowest BCUT2D eigenvalue weighted by Crippen LogP contribution is -2.51. The van der Waals surface area contributed by atoms with Crippen LogP contribution in [0.1, 0.15) is 455 Å². The van der Waals surface area contributed by atoms with E-state index in [0.29, 0.717) is 21.7 Å². The van der Waals surface area contributed by atoms with Crippen molar-refractivity contribution in [2.45, 2.75) is 456 Å². The van der Waals surface area contributed by atoms with Gasteiger partial charge in [-0.25, -0.2) is 0 Å². The predicted octanol–water partition coefficient (Wildman–Crippen LogP) is 39.1. The van der Waals surface area contributed by atoms with E-state index in [2.05, 4.69) is 444 Å². The van der Waals surface area contributed by atoms with E-state index in [4.69, 9.17) is 0 Å². The molecule has 0 heterocycles. The maximum absolute atomic E-state index is 2.49. The van der Waals surface area contributed by atoms with Gasteiger partial charge in [0.15, 0.2) is 0 Å². The lowest BCUT2D eigenvalue weighted by atomic mass is 9.43. The topological polar surface area (TPSA) is 0 Å². The second kappa shape index (κ2) is 40.3. The minimum Gasteiger partial charge on any atom is -0.0654 e. The molecule has 0 aliphatic heterocycles. The Morgan fingerprint density at radius 3 is 0.872 bits per heavy atom. The van der Waals surface area contributed by atoms with E-state index in [-0.39, 0.29) is 48.7 Å². The zero-order chi connectivity index (χ0) is 94.7. The van der Waals surface area contributed by atoms with Crippen LogP contribution in [0.2, 0.25) is 0 Å². The molecule has 0 saturated heterocycles. The minimum atomic E-state index is -0.0226. The van der Waals surface area contributed by atoms with Gasteiger partial charge in [-0.15, -0.1) is 0 Å². The van der Waals surface area contributed by atoms with Gasteiger partial charge < -0.3 is 0 Å². The molecule has 0 spiro atoms. The van der Waals surface area contributed by atoms with Crippen LogP contribution in [0.15, 0.2) is 140 Å². The van der Waals surface area contributed by atoms with Crippen molar-refractivity contribution in [1.82, 2.24) is 0 Å². The molecule has 0 nitrogen and oxygen atoms in total. The summed E-state index contributed by atoms with van der Waals surface area (Å²) in [5, 5.41) is 0. The molecule has 8 aliphatic carbocycles. The zero-order valence-electron chi connectivity index (χ0n) is 90.3.